The van der Waals surface area contributed by atoms with Crippen molar-refractivity contribution in [1.82, 2.24) is 0 Å². The van der Waals surface area contributed by atoms with Crippen LogP contribution in [0, 0.1) is 0 Å². The Hall–Kier alpha value is -2.09. The highest BCUT2D eigenvalue weighted by atomic mass is 16.5. The number of unbranched alkanes of at least 4 members (excludes halogenated alkanes) is 3. The van der Waals surface area contributed by atoms with E-state index in [1.165, 1.54) is 34.7 Å². The maximum atomic E-state index is 12.2. The lowest BCUT2D eigenvalue weighted by Gasteiger charge is -2.23. The molecule has 0 radical (unpaired) electrons. The Morgan fingerprint density at radius 1 is 1.04 bits per heavy atom. The fourth-order valence-corrected chi connectivity index (χ4v) is 3.60. The zero-order valence-corrected chi connectivity index (χ0v) is 15.4. The van der Waals surface area contributed by atoms with E-state index in [-0.39, 0.29) is 12.1 Å². The topological polar surface area (TPSA) is 26.3 Å². The average molecular weight is 336 g/mol. The van der Waals surface area contributed by atoms with Gasteiger partial charge < -0.3 is 4.74 Å². The molecule has 0 heterocycles. The standard InChI is InChI=1S/C23H28O2/c1-3-5-7-12-22(24)25-21-16-15-19-17(9-6-4-2)13-14-18-10-8-11-20(21)23(18)19/h8,10-11,13-16,21H,3-7,9,12H2,1-2H3. The predicted octanol–water partition coefficient (Wildman–Crippen LogP) is 6.37. The Bertz CT molecular complexity index is 773. The minimum atomic E-state index is -0.258. The first-order valence-corrected chi connectivity index (χ1v) is 9.66. The Morgan fingerprint density at radius 2 is 1.88 bits per heavy atom. The molecule has 0 amide bonds. The first kappa shape index (κ1) is 17.7. The molecule has 2 nitrogen and oxygen atoms in total. The molecule has 1 atom stereocenters. The summed E-state index contributed by atoms with van der Waals surface area (Å²) in [6.07, 6.45) is 11.1. The molecule has 2 aromatic rings. The summed E-state index contributed by atoms with van der Waals surface area (Å²) in [5, 5.41) is 2.48. The zero-order valence-electron chi connectivity index (χ0n) is 15.4. The summed E-state index contributed by atoms with van der Waals surface area (Å²) < 4.78 is 5.78. The van der Waals surface area contributed by atoms with E-state index in [1.54, 1.807) is 0 Å². The highest BCUT2D eigenvalue weighted by molar-refractivity contribution is 5.97. The largest absolute Gasteiger partial charge is 0.453 e. The van der Waals surface area contributed by atoms with Gasteiger partial charge in [0.2, 0.25) is 0 Å². The van der Waals surface area contributed by atoms with Crippen molar-refractivity contribution >= 4 is 22.8 Å². The number of esters is 1. The highest BCUT2D eigenvalue weighted by Gasteiger charge is 2.22. The van der Waals surface area contributed by atoms with E-state index < -0.39 is 0 Å². The van der Waals surface area contributed by atoms with Crippen molar-refractivity contribution in [3.8, 4) is 0 Å². The number of hydrogen-bond donors (Lipinski definition) is 0. The van der Waals surface area contributed by atoms with E-state index in [2.05, 4.69) is 50.3 Å². The summed E-state index contributed by atoms with van der Waals surface area (Å²) in [4.78, 5) is 12.2. The molecule has 1 aliphatic carbocycles. The first-order valence-electron chi connectivity index (χ1n) is 9.66. The molecule has 0 N–H and O–H groups in total. The summed E-state index contributed by atoms with van der Waals surface area (Å²) in [6, 6.07) is 10.8. The molecular weight excluding hydrogens is 308 g/mol. The van der Waals surface area contributed by atoms with Gasteiger partial charge in [0.25, 0.3) is 0 Å². The van der Waals surface area contributed by atoms with Crippen LogP contribution in [0.2, 0.25) is 0 Å². The molecule has 132 valence electrons. The Kier molecular flexibility index (Phi) is 5.91. The molecule has 1 unspecified atom stereocenters. The van der Waals surface area contributed by atoms with Gasteiger partial charge in [-0.15, -0.1) is 0 Å². The van der Waals surface area contributed by atoms with Gasteiger partial charge in [0.15, 0.2) is 0 Å². The third-order valence-corrected chi connectivity index (χ3v) is 5.00. The van der Waals surface area contributed by atoms with Crippen molar-refractivity contribution in [2.45, 2.75) is 64.9 Å². The fraction of sp³-hybridized carbons (Fsp3) is 0.435. The fourth-order valence-electron chi connectivity index (χ4n) is 3.60. The van der Waals surface area contributed by atoms with Crippen LogP contribution < -0.4 is 0 Å². The van der Waals surface area contributed by atoms with Crippen molar-refractivity contribution in [3.05, 3.63) is 53.1 Å². The Labute approximate surface area is 150 Å². The number of hydrogen-bond acceptors (Lipinski definition) is 2. The summed E-state index contributed by atoms with van der Waals surface area (Å²) >= 11 is 0. The third kappa shape index (κ3) is 3.95. The molecule has 0 bridgehead atoms. The number of carbonyl (C=O) groups excluding carboxylic acids is 1. The lowest BCUT2D eigenvalue weighted by molar-refractivity contribution is -0.147. The lowest BCUT2D eigenvalue weighted by Crippen LogP contribution is -2.12. The molecule has 2 aromatic carbocycles. The van der Waals surface area contributed by atoms with Crippen molar-refractivity contribution in [2.75, 3.05) is 0 Å². The zero-order chi connectivity index (χ0) is 17.6. The summed E-state index contributed by atoms with van der Waals surface area (Å²) in [5.41, 5.74) is 3.82. The van der Waals surface area contributed by atoms with Gasteiger partial charge in [-0.25, -0.2) is 0 Å². The van der Waals surface area contributed by atoms with Gasteiger partial charge in [-0.1, -0.05) is 69.5 Å². The number of benzene rings is 2. The first-order chi connectivity index (χ1) is 12.2. The lowest BCUT2D eigenvalue weighted by atomic mass is 9.87. The smallest absolute Gasteiger partial charge is 0.306 e. The molecule has 0 saturated heterocycles. The van der Waals surface area contributed by atoms with Crippen LogP contribution >= 0.6 is 0 Å². The minimum absolute atomic E-state index is 0.0920. The van der Waals surface area contributed by atoms with Crippen LogP contribution in [0.25, 0.3) is 16.8 Å². The van der Waals surface area contributed by atoms with E-state index >= 15 is 0 Å². The van der Waals surface area contributed by atoms with E-state index in [1.807, 2.05) is 6.08 Å². The van der Waals surface area contributed by atoms with E-state index in [0.717, 1.165) is 31.2 Å². The van der Waals surface area contributed by atoms with Crippen LogP contribution in [0.3, 0.4) is 0 Å². The predicted molar refractivity (Wildman–Crippen MR) is 105 cm³/mol. The van der Waals surface area contributed by atoms with Gasteiger partial charge in [0.05, 0.1) is 0 Å². The van der Waals surface area contributed by atoms with Gasteiger partial charge in [0.1, 0.15) is 6.10 Å². The molecule has 2 heteroatoms. The van der Waals surface area contributed by atoms with E-state index in [4.69, 9.17) is 4.74 Å². The summed E-state index contributed by atoms with van der Waals surface area (Å²) in [5.74, 6) is -0.0920. The second-order valence-corrected chi connectivity index (χ2v) is 6.91. The molecule has 0 aliphatic heterocycles. The molecule has 0 aromatic heterocycles. The average Bonchev–Trinajstić information content (AvgIpc) is 2.63. The number of carbonyl (C=O) groups is 1. The molecule has 0 spiro atoms. The van der Waals surface area contributed by atoms with Crippen molar-refractivity contribution < 1.29 is 9.53 Å². The van der Waals surface area contributed by atoms with Gasteiger partial charge in [-0.2, -0.15) is 0 Å². The van der Waals surface area contributed by atoms with Crippen LogP contribution in [0.4, 0.5) is 0 Å². The summed E-state index contributed by atoms with van der Waals surface area (Å²) in [7, 11) is 0. The van der Waals surface area contributed by atoms with Gasteiger partial charge in [-0.05, 0) is 47.2 Å². The van der Waals surface area contributed by atoms with Crippen LogP contribution in [0.5, 0.6) is 0 Å². The van der Waals surface area contributed by atoms with Crippen LogP contribution in [-0.2, 0) is 16.0 Å². The maximum Gasteiger partial charge on any atom is 0.306 e. The number of rotatable bonds is 8. The molecule has 3 rings (SSSR count). The minimum Gasteiger partial charge on any atom is -0.453 e. The van der Waals surface area contributed by atoms with Crippen LogP contribution in [-0.4, -0.2) is 5.97 Å². The van der Waals surface area contributed by atoms with Crippen molar-refractivity contribution in [3.63, 3.8) is 0 Å². The quantitative estimate of drug-likeness (QED) is 0.413. The van der Waals surface area contributed by atoms with Crippen LogP contribution in [0.1, 0.15) is 75.2 Å². The second kappa shape index (κ2) is 8.33. The number of ether oxygens (including phenoxy) is 1. The van der Waals surface area contributed by atoms with Crippen molar-refractivity contribution in [2.24, 2.45) is 0 Å². The number of aryl methyl sites for hydroxylation is 1. The van der Waals surface area contributed by atoms with E-state index in [9.17, 15) is 4.79 Å². The molecule has 25 heavy (non-hydrogen) atoms. The normalized spacial score (nSPS) is 15.5. The Morgan fingerprint density at radius 3 is 2.68 bits per heavy atom. The second-order valence-electron chi connectivity index (χ2n) is 6.91. The molecular formula is C23H28O2. The van der Waals surface area contributed by atoms with Crippen molar-refractivity contribution in [1.29, 1.82) is 0 Å². The van der Waals surface area contributed by atoms with E-state index in [0.29, 0.717) is 6.42 Å². The van der Waals surface area contributed by atoms with Gasteiger partial charge >= 0.3 is 5.97 Å². The van der Waals surface area contributed by atoms with Gasteiger partial charge in [-0.3, -0.25) is 4.79 Å². The highest BCUT2D eigenvalue weighted by Crippen LogP contribution is 2.37. The maximum absolute atomic E-state index is 12.2. The molecule has 0 saturated carbocycles. The summed E-state index contributed by atoms with van der Waals surface area (Å²) in [6.45, 7) is 4.37. The molecule has 1 aliphatic rings. The monoisotopic (exact) mass is 336 g/mol. The van der Waals surface area contributed by atoms with Crippen LogP contribution in [0.15, 0.2) is 36.4 Å². The Balaban J connectivity index is 1.87. The van der Waals surface area contributed by atoms with Gasteiger partial charge in [0, 0.05) is 12.0 Å². The SMILES string of the molecule is CCCCCC(=O)OC1C=Cc2c(CCCC)ccc3cccc1c23. The third-order valence-electron chi connectivity index (χ3n) is 5.00. The molecule has 0 fully saturated rings.